The van der Waals surface area contributed by atoms with Gasteiger partial charge in [-0.15, -0.1) is 0 Å². The van der Waals surface area contributed by atoms with Crippen LogP contribution in [0.4, 0.5) is 0 Å². The van der Waals surface area contributed by atoms with Crippen molar-refractivity contribution in [3.05, 3.63) is 27.7 Å². The first-order chi connectivity index (χ1) is 6.72. The van der Waals surface area contributed by atoms with E-state index in [1.807, 2.05) is 6.92 Å². The van der Waals surface area contributed by atoms with Gasteiger partial charge in [-0.05, 0) is 43.0 Å². The smallest absolute Gasteiger partial charge is 0.122 e. The van der Waals surface area contributed by atoms with Crippen LogP contribution in [0, 0.1) is 0 Å². The largest absolute Gasteiger partial charge is 0.494 e. The Hall–Kier alpha value is -0.500. The van der Waals surface area contributed by atoms with Crippen molar-refractivity contribution in [2.45, 2.75) is 33.6 Å². The fraction of sp³-hybridized carbons (Fsp3) is 0.500. The number of aryl methyl sites for hydroxylation is 2. The number of ether oxygens (including phenoxy) is 1. The Morgan fingerprint density at radius 3 is 2.21 bits per heavy atom. The van der Waals surface area contributed by atoms with Crippen LogP contribution in [0.3, 0.4) is 0 Å². The molecule has 78 valence electrons. The van der Waals surface area contributed by atoms with Gasteiger partial charge in [-0.1, -0.05) is 29.8 Å². The van der Waals surface area contributed by atoms with E-state index in [1.54, 1.807) is 0 Å². The number of hydrogen-bond acceptors (Lipinski definition) is 1. The second kappa shape index (κ2) is 5.40. The normalized spacial score (nSPS) is 10.3. The van der Waals surface area contributed by atoms with Crippen LogP contribution in [-0.2, 0) is 12.8 Å². The number of benzene rings is 1. The molecule has 0 saturated carbocycles. The van der Waals surface area contributed by atoms with Gasteiger partial charge in [0, 0.05) is 4.47 Å². The molecule has 0 aliphatic carbocycles. The molecule has 0 unspecified atom stereocenters. The van der Waals surface area contributed by atoms with Gasteiger partial charge >= 0.3 is 0 Å². The Morgan fingerprint density at radius 1 is 1.07 bits per heavy atom. The molecule has 0 aromatic heterocycles. The average Bonchev–Trinajstić information content (AvgIpc) is 2.20. The van der Waals surface area contributed by atoms with Crippen LogP contribution in [0.1, 0.15) is 31.9 Å². The summed E-state index contributed by atoms with van der Waals surface area (Å²) in [7, 11) is 0. The van der Waals surface area contributed by atoms with E-state index in [2.05, 4.69) is 41.9 Å². The minimum atomic E-state index is 0.734. The quantitative estimate of drug-likeness (QED) is 0.792. The molecule has 1 rings (SSSR count). The van der Waals surface area contributed by atoms with Crippen LogP contribution in [0.5, 0.6) is 5.75 Å². The van der Waals surface area contributed by atoms with Crippen molar-refractivity contribution in [2.24, 2.45) is 0 Å². The highest BCUT2D eigenvalue weighted by Gasteiger charge is 2.06. The lowest BCUT2D eigenvalue weighted by Gasteiger charge is -2.12. The van der Waals surface area contributed by atoms with Crippen LogP contribution in [-0.4, -0.2) is 6.61 Å². The lowest BCUT2D eigenvalue weighted by Crippen LogP contribution is -1.98. The van der Waals surface area contributed by atoms with Gasteiger partial charge in [-0.2, -0.15) is 0 Å². The molecule has 0 amide bonds. The fourth-order valence-corrected chi connectivity index (χ4v) is 2.14. The number of halogens is 1. The van der Waals surface area contributed by atoms with Crippen LogP contribution in [0.15, 0.2) is 16.6 Å². The van der Waals surface area contributed by atoms with Crippen molar-refractivity contribution in [3.63, 3.8) is 0 Å². The maximum atomic E-state index is 5.60. The maximum Gasteiger partial charge on any atom is 0.122 e. The zero-order valence-electron chi connectivity index (χ0n) is 9.06. The van der Waals surface area contributed by atoms with E-state index in [0.717, 1.165) is 25.2 Å². The summed E-state index contributed by atoms with van der Waals surface area (Å²) in [6.07, 6.45) is 2.04. The van der Waals surface area contributed by atoms with Crippen molar-refractivity contribution in [3.8, 4) is 5.75 Å². The van der Waals surface area contributed by atoms with Gasteiger partial charge in [0.15, 0.2) is 0 Å². The van der Waals surface area contributed by atoms with Crippen LogP contribution >= 0.6 is 15.9 Å². The summed E-state index contributed by atoms with van der Waals surface area (Å²) in [5.41, 5.74) is 2.58. The first-order valence-electron chi connectivity index (χ1n) is 5.16. The second-order valence-corrected chi connectivity index (χ2v) is 4.05. The van der Waals surface area contributed by atoms with E-state index < -0.39 is 0 Å². The third-order valence-electron chi connectivity index (χ3n) is 2.29. The Morgan fingerprint density at radius 2 is 1.71 bits per heavy atom. The molecule has 0 heterocycles. The molecule has 1 aromatic carbocycles. The molecule has 0 N–H and O–H groups in total. The molecule has 0 aliphatic heterocycles. The van der Waals surface area contributed by atoms with Gasteiger partial charge in [0.1, 0.15) is 5.75 Å². The SMILES string of the molecule is CCOc1cc(CC)c(Br)cc1CC. The molecular formula is C12H17BrO. The Labute approximate surface area is 94.6 Å². The highest BCUT2D eigenvalue weighted by atomic mass is 79.9. The predicted octanol–water partition coefficient (Wildman–Crippen LogP) is 3.97. The summed E-state index contributed by atoms with van der Waals surface area (Å²) >= 11 is 3.58. The first kappa shape index (κ1) is 11.6. The number of rotatable bonds is 4. The summed E-state index contributed by atoms with van der Waals surface area (Å²) in [6, 6.07) is 4.32. The van der Waals surface area contributed by atoms with Crippen molar-refractivity contribution >= 4 is 15.9 Å². The molecule has 2 heteroatoms. The lowest BCUT2D eigenvalue weighted by molar-refractivity contribution is 0.336. The third-order valence-corrected chi connectivity index (χ3v) is 3.03. The zero-order valence-corrected chi connectivity index (χ0v) is 10.6. The van der Waals surface area contributed by atoms with Crippen molar-refractivity contribution in [1.82, 2.24) is 0 Å². The van der Waals surface area contributed by atoms with E-state index in [1.165, 1.54) is 15.6 Å². The van der Waals surface area contributed by atoms with Gasteiger partial charge < -0.3 is 4.74 Å². The second-order valence-electron chi connectivity index (χ2n) is 3.19. The molecule has 0 aliphatic rings. The van der Waals surface area contributed by atoms with Crippen LogP contribution in [0.25, 0.3) is 0 Å². The molecule has 0 atom stereocenters. The minimum Gasteiger partial charge on any atom is -0.494 e. The highest BCUT2D eigenvalue weighted by Crippen LogP contribution is 2.28. The molecule has 0 saturated heterocycles. The van der Waals surface area contributed by atoms with E-state index in [0.29, 0.717) is 0 Å². The van der Waals surface area contributed by atoms with Crippen molar-refractivity contribution < 1.29 is 4.74 Å². The first-order valence-corrected chi connectivity index (χ1v) is 5.96. The topological polar surface area (TPSA) is 9.23 Å². The Kier molecular flexibility index (Phi) is 4.46. The van der Waals surface area contributed by atoms with Crippen LogP contribution < -0.4 is 4.74 Å². The highest BCUT2D eigenvalue weighted by molar-refractivity contribution is 9.10. The lowest BCUT2D eigenvalue weighted by atomic mass is 10.1. The molecule has 0 radical (unpaired) electrons. The molecular weight excluding hydrogens is 240 g/mol. The van der Waals surface area contributed by atoms with Gasteiger partial charge in [0.05, 0.1) is 6.61 Å². The zero-order chi connectivity index (χ0) is 10.6. The molecule has 0 fully saturated rings. The summed E-state index contributed by atoms with van der Waals surface area (Å²) in [5, 5.41) is 0. The van der Waals surface area contributed by atoms with E-state index in [9.17, 15) is 0 Å². The van der Waals surface area contributed by atoms with Gasteiger partial charge in [0.25, 0.3) is 0 Å². The summed E-state index contributed by atoms with van der Waals surface area (Å²) in [5.74, 6) is 1.04. The number of hydrogen-bond donors (Lipinski definition) is 0. The monoisotopic (exact) mass is 256 g/mol. The summed E-state index contributed by atoms with van der Waals surface area (Å²) in [6.45, 7) is 7.06. The summed E-state index contributed by atoms with van der Waals surface area (Å²) < 4.78 is 6.80. The maximum absolute atomic E-state index is 5.60. The Bertz CT molecular complexity index is 307. The third kappa shape index (κ3) is 2.50. The molecule has 0 spiro atoms. The molecule has 1 aromatic rings. The van der Waals surface area contributed by atoms with E-state index >= 15 is 0 Å². The fourth-order valence-electron chi connectivity index (χ4n) is 1.47. The van der Waals surface area contributed by atoms with Crippen LogP contribution in [0.2, 0.25) is 0 Å². The van der Waals surface area contributed by atoms with E-state index in [-0.39, 0.29) is 0 Å². The van der Waals surface area contributed by atoms with E-state index in [4.69, 9.17) is 4.74 Å². The van der Waals surface area contributed by atoms with Gasteiger partial charge in [-0.3, -0.25) is 0 Å². The van der Waals surface area contributed by atoms with Gasteiger partial charge in [-0.25, -0.2) is 0 Å². The van der Waals surface area contributed by atoms with Crippen molar-refractivity contribution in [2.75, 3.05) is 6.61 Å². The van der Waals surface area contributed by atoms with Crippen molar-refractivity contribution in [1.29, 1.82) is 0 Å². The van der Waals surface area contributed by atoms with Gasteiger partial charge in [0.2, 0.25) is 0 Å². The molecule has 0 bridgehead atoms. The predicted molar refractivity (Wildman–Crippen MR) is 64.1 cm³/mol. The molecule has 14 heavy (non-hydrogen) atoms. The molecule has 1 nitrogen and oxygen atoms in total. The Balaban J connectivity index is 3.11. The minimum absolute atomic E-state index is 0.734. The standard InChI is InChI=1S/C12H17BrO/c1-4-9-8-12(14-6-3)10(5-2)7-11(9)13/h7-8H,4-6H2,1-3H3. The average molecular weight is 257 g/mol. The summed E-state index contributed by atoms with van der Waals surface area (Å²) in [4.78, 5) is 0.